The predicted octanol–water partition coefficient (Wildman–Crippen LogP) is 0.757. The van der Waals surface area contributed by atoms with Gasteiger partial charge in [-0.1, -0.05) is 25.7 Å². The van der Waals surface area contributed by atoms with Crippen molar-refractivity contribution in [3.63, 3.8) is 0 Å². The summed E-state index contributed by atoms with van der Waals surface area (Å²) in [6.07, 6.45) is 7.30. The van der Waals surface area contributed by atoms with Gasteiger partial charge >= 0.3 is 7.12 Å². The average molecular weight is 185 g/mol. The van der Waals surface area contributed by atoms with Crippen LogP contribution in [0.15, 0.2) is 0 Å². The van der Waals surface area contributed by atoms with E-state index in [9.17, 15) is 0 Å². The number of nitrogens with two attached hydrogens (primary N) is 1. The van der Waals surface area contributed by atoms with Crippen molar-refractivity contribution < 1.29 is 10.0 Å². The molecule has 0 saturated heterocycles. The van der Waals surface area contributed by atoms with Gasteiger partial charge in [-0.15, -0.1) is 0 Å². The van der Waals surface area contributed by atoms with Gasteiger partial charge in [0.1, 0.15) is 0 Å². The highest BCUT2D eigenvalue weighted by Gasteiger charge is 2.19. The van der Waals surface area contributed by atoms with Crippen molar-refractivity contribution in [2.24, 2.45) is 11.7 Å². The first-order valence-corrected chi connectivity index (χ1v) is 5.30. The van der Waals surface area contributed by atoms with Gasteiger partial charge in [0.2, 0.25) is 0 Å². The number of hydrogen-bond acceptors (Lipinski definition) is 3. The van der Waals surface area contributed by atoms with E-state index >= 15 is 0 Å². The van der Waals surface area contributed by atoms with Crippen molar-refractivity contribution in [3.05, 3.63) is 0 Å². The fourth-order valence-corrected chi connectivity index (χ4v) is 2.15. The Balaban J connectivity index is 2.22. The summed E-state index contributed by atoms with van der Waals surface area (Å²) >= 11 is 0. The Bertz CT molecular complexity index is 144. The van der Waals surface area contributed by atoms with E-state index < -0.39 is 7.12 Å². The van der Waals surface area contributed by atoms with Gasteiger partial charge in [0.25, 0.3) is 0 Å². The van der Waals surface area contributed by atoms with Crippen LogP contribution in [0.5, 0.6) is 0 Å². The number of hydrogen-bond donors (Lipinski definition) is 3. The van der Waals surface area contributed by atoms with E-state index in [1.807, 2.05) is 0 Å². The van der Waals surface area contributed by atoms with Crippen LogP contribution in [0.1, 0.15) is 38.5 Å². The molecule has 1 saturated carbocycles. The average Bonchev–Trinajstić information content (AvgIpc) is 2.26. The fraction of sp³-hybridized carbons (Fsp3) is 1.00. The van der Waals surface area contributed by atoms with Gasteiger partial charge in [-0.25, -0.2) is 0 Å². The summed E-state index contributed by atoms with van der Waals surface area (Å²) in [7, 11) is -1.14. The van der Waals surface area contributed by atoms with Crippen LogP contribution < -0.4 is 5.73 Å². The molecule has 4 heteroatoms. The van der Waals surface area contributed by atoms with Gasteiger partial charge in [-0.05, 0) is 25.1 Å². The summed E-state index contributed by atoms with van der Waals surface area (Å²) in [6.45, 7) is 0. The summed E-state index contributed by atoms with van der Waals surface area (Å²) in [4.78, 5) is 0. The molecule has 0 aromatic heterocycles. The highest BCUT2D eigenvalue weighted by atomic mass is 16.4. The Morgan fingerprint density at radius 1 is 1.23 bits per heavy atom. The lowest BCUT2D eigenvalue weighted by atomic mass is 9.79. The normalized spacial score (nSPS) is 29.8. The molecule has 0 aliphatic heterocycles. The van der Waals surface area contributed by atoms with E-state index in [4.69, 9.17) is 15.8 Å². The fourth-order valence-electron chi connectivity index (χ4n) is 2.15. The molecule has 0 amide bonds. The minimum atomic E-state index is -1.14. The third-order valence-electron chi connectivity index (χ3n) is 2.91. The zero-order valence-electron chi connectivity index (χ0n) is 8.15. The van der Waals surface area contributed by atoms with E-state index in [2.05, 4.69) is 0 Å². The molecule has 4 N–H and O–H groups in total. The van der Waals surface area contributed by atoms with Crippen molar-refractivity contribution in [1.82, 2.24) is 0 Å². The smallest absolute Gasteiger partial charge is 0.427 e. The molecule has 0 bridgehead atoms. The topological polar surface area (TPSA) is 66.5 Å². The molecule has 2 atom stereocenters. The Morgan fingerprint density at radius 2 is 1.92 bits per heavy atom. The minimum absolute atomic E-state index is 0.336. The van der Waals surface area contributed by atoms with Gasteiger partial charge in [0.15, 0.2) is 0 Å². The summed E-state index contributed by atoms with van der Waals surface area (Å²) in [6, 6.07) is 0.336. The van der Waals surface area contributed by atoms with Crippen molar-refractivity contribution in [2.75, 3.05) is 0 Å². The van der Waals surface area contributed by atoms with Crippen LogP contribution in [0, 0.1) is 5.92 Å². The predicted molar refractivity (Wildman–Crippen MR) is 54.2 cm³/mol. The third kappa shape index (κ3) is 4.65. The molecule has 76 valence electrons. The van der Waals surface area contributed by atoms with Gasteiger partial charge in [0, 0.05) is 6.04 Å². The van der Waals surface area contributed by atoms with Crippen LogP contribution in [0.3, 0.4) is 0 Å². The van der Waals surface area contributed by atoms with E-state index in [1.54, 1.807) is 0 Å². The van der Waals surface area contributed by atoms with Crippen LogP contribution >= 0.6 is 0 Å². The van der Waals surface area contributed by atoms with Crippen molar-refractivity contribution >= 4 is 7.12 Å². The second-order valence-electron chi connectivity index (χ2n) is 4.20. The van der Waals surface area contributed by atoms with Gasteiger partial charge in [0.05, 0.1) is 0 Å². The van der Waals surface area contributed by atoms with Gasteiger partial charge in [-0.2, -0.15) is 0 Å². The van der Waals surface area contributed by atoms with Crippen LogP contribution in [0.4, 0.5) is 0 Å². The van der Waals surface area contributed by atoms with E-state index in [0.717, 1.165) is 19.3 Å². The number of rotatable bonds is 3. The van der Waals surface area contributed by atoms with Crippen LogP contribution in [-0.4, -0.2) is 23.2 Å². The highest BCUT2D eigenvalue weighted by Crippen LogP contribution is 2.26. The van der Waals surface area contributed by atoms with Crippen molar-refractivity contribution in [2.45, 2.75) is 50.9 Å². The van der Waals surface area contributed by atoms with E-state index in [1.165, 1.54) is 19.3 Å². The second-order valence-corrected chi connectivity index (χ2v) is 4.20. The van der Waals surface area contributed by atoms with Crippen LogP contribution in [0.25, 0.3) is 0 Å². The molecular formula is C9H20BNO2. The maximum absolute atomic E-state index is 8.74. The quantitative estimate of drug-likeness (QED) is 0.449. The molecule has 3 nitrogen and oxygen atoms in total. The highest BCUT2D eigenvalue weighted by molar-refractivity contribution is 6.40. The lowest BCUT2D eigenvalue weighted by Gasteiger charge is -2.16. The molecule has 0 aromatic rings. The molecule has 1 fully saturated rings. The van der Waals surface area contributed by atoms with Gasteiger partial charge < -0.3 is 15.8 Å². The molecule has 0 aromatic carbocycles. The summed E-state index contributed by atoms with van der Waals surface area (Å²) in [5.41, 5.74) is 5.91. The first-order chi connectivity index (χ1) is 6.18. The zero-order valence-corrected chi connectivity index (χ0v) is 8.15. The summed E-state index contributed by atoms with van der Waals surface area (Å²) in [5, 5.41) is 17.5. The van der Waals surface area contributed by atoms with Gasteiger partial charge in [-0.3, -0.25) is 0 Å². The molecule has 0 heterocycles. The Hall–Kier alpha value is -0.0551. The molecule has 1 aliphatic rings. The summed E-state index contributed by atoms with van der Waals surface area (Å²) < 4.78 is 0. The third-order valence-corrected chi connectivity index (χ3v) is 2.91. The first-order valence-electron chi connectivity index (χ1n) is 5.30. The lowest BCUT2D eigenvalue weighted by Crippen LogP contribution is -2.22. The summed E-state index contributed by atoms with van der Waals surface area (Å²) in [5.74, 6) is 0.610. The lowest BCUT2D eigenvalue weighted by molar-refractivity contribution is 0.373. The Morgan fingerprint density at radius 3 is 2.62 bits per heavy atom. The molecule has 0 radical (unpaired) electrons. The van der Waals surface area contributed by atoms with E-state index in [-0.39, 0.29) is 0 Å². The molecule has 13 heavy (non-hydrogen) atoms. The first kappa shape index (κ1) is 11.0. The molecule has 1 rings (SSSR count). The molecular weight excluding hydrogens is 165 g/mol. The van der Waals surface area contributed by atoms with Crippen LogP contribution in [-0.2, 0) is 0 Å². The standard InChI is InChI=1S/C9H20BNO2/c11-9-4-2-1-3-8(7-9)5-6-10(12)13/h8-9,12-13H,1-7,11H2. The van der Waals surface area contributed by atoms with Crippen LogP contribution in [0.2, 0.25) is 6.32 Å². The molecule has 2 unspecified atom stereocenters. The molecule has 1 aliphatic carbocycles. The van der Waals surface area contributed by atoms with Crippen molar-refractivity contribution in [3.8, 4) is 0 Å². The Labute approximate surface area is 80.5 Å². The van der Waals surface area contributed by atoms with E-state index in [0.29, 0.717) is 18.3 Å². The van der Waals surface area contributed by atoms with Crippen molar-refractivity contribution in [1.29, 1.82) is 0 Å². The zero-order chi connectivity index (χ0) is 9.68. The maximum Gasteiger partial charge on any atom is 0.451 e. The Kier molecular flexibility index (Phi) is 4.77. The second kappa shape index (κ2) is 5.63. The minimum Gasteiger partial charge on any atom is -0.427 e. The maximum atomic E-state index is 8.74. The SMILES string of the molecule is NC1CCCCC(CCB(O)O)C1. The molecule has 0 spiro atoms. The monoisotopic (exact) mass is 185 g/mol. The largest absolute Gasteiger partial charge is 0.451 e.